The summed E-state index contributed by atoms with van der Waals surface area (Å²) in [6.45, 7) is 4.05. The van der Waals surface area contributed by atoms with E-state index in [1.807, 2.05) is 19.1 Å². The van der Waals surface area contributed by atoms with E-state index in [-0.39, 0.29) is 24.5 Å². The Kier molecular flexibility index (Phi) is 5.18. The molecule has 1 aromatic rings. The van der Waals surface area contributed by atoms with E-state index >= 15 is 0 Å². The van der Waals surface area contributed by atoms with Gasteiger partial charge >= 0.3 is 0 Å². The second kappa shape index (κ2) is 6.66. The lowest BCUT2D eigenvalue weighted by Gasteiger charge is -2.19. The predicted octanol–water partition coefficient (Wildman–Crippen LogP) is 0.870. The molecule has 1 heterocycles. The summed E-state index contributed by atoms with van der Waals surface area (Å²) >= 11 is 0. The maximum absolute atomic E-state index is 11.6. The molecule has 17 heavy (non-hydrogen) atoms. The Labute approximate surface area is 102 Å². The number of carbonyl (C=O) groups is 1. The van der Waals surface area contributed by atoms with Crippen LogP contribution in [0.4, 0.5) is 0 Å². The third-order valence-corrected chi connectivity index (χ3v) is 2.44. The van der Waals surface area contributed by atoms with E-state index in [2.05, 4.69) is 21.5 Å². The molecule has 2 N–H and O–H groups in total. The van der Waals surface area contributed by atoms with Crippen molar-refractivity contribution in [2.24, 2.45) is 0 Å². The minimum absolute atomic E-state index is 0.0651. The Hall–Kier alpha value is -1.86. The molecule has 1 rings (SSSR count). The second-order valence-electron chi connectivity index (χ2n) is 3.82. The van der Waals surface area contributed by atoms with Crippen LogP contribution in [0.15, 0.2) is 24.5 Å². The van der Waals surface area contributed by atoms with Gasteiger partial charge in [-0.05, 0) is 25.5 Å². The largest absolute Gasteiger partial charge is 0.344 e. The fourth-order valence-electron chi connectivity index (χ4n) is 1.47. The Morgan fingerprint density at radius 3 is 2.94 bits per heavy atom. The van der Waals surface area contributed by atoms with Crippen LogP contribution in [0, 0.1) is 12.3 Å². The molecule has 2 unspecified atom stereocenters. The summed E-state index contributed by atoms with van der Waals surface area (Å²) in [4.78, 5) is 15.6. The van der Waals surface area contributed by atoms with E-state index in [1.165, 1.54) is 0 Å². The summed E-state index contributed by atoms with van der Waals surface area (Å²) in [5, 5.41) is 5.82. The maximum atomic E-state index is 11.6. The van der Waals surface area contributed by atoms with Gasteiger partial charge < -0.3 is 5.32 Å². The molecule has 0 saturated heterocycles. The summed E-state index contributed by atoms with van der Waals surface area (Å²) in [6.07, 6.45) is 8.58. The first kappa shape index (κ1) is 13.2. The number of nitrogens with zero attached hydrogens (tertiary/aromatic N) is 1. The van der Waals surface area contributed by atoms with Gasteiger partial charge in [0.2, 0.25) is 5.91 Å². The summed E-state index contributed by atoms with van der Waals surface area (Å²) in [6, 6.07) is 3.61. The highest BCUT2D eigenvalue weighted by atomic mass is 16.2. The van der Waals surface area contributed by atoms with Crippen molar-refractivity contribution < 1.29 is 4.79 Å². The van der Waals surface area contributed by atoms with Gasteiger partial charge in [0.25, 0.3) is 0 Å². The smallest absolute Gasteiger partial charge is 0.237 e. The summed E-state index contributed by atoms with van der Waals surface area (Å²) in [5.41, 5.74) is 1.05. The van der Waals surface area contributed by atoms with Crippen molar-refractivity contribution in [3.8, 4) is 12.3 Å². The highest BCUT2D eigenvalue weighted by Crippen LogP contribution is 2.10. The molecule has 0 saturated carbocycles. The van der Waals surface area contributed by atoms with Gasteiger partial charge in [-0.1, -0.05) is 12.0 Å². The van der Waals surface area contributed by atoms with Gasteiger partial charge in [0.05, 0.1) is 12.6 Å². The van der Waals surface area contributed by atoms with Gasteiger partial charge in [-0.15, -0.1) is 6.42 Å². The third kappa shape index (κ3) is 4.25. The molecule has 4 nitrogen and oxygen atoms in total. The van der Waals surface area contributed by atoms with Gasteiger partial charge in [0, 0.05) is 18.4 Å². The zero-order valence-electron chi connectivity index (χ0n) is 10.1. The van der Waals surface area contributed by atoms with Gasteiger partial charge in [-0.2, -0.15) is 0 Å². The Morgan fingerprint density at radius 1 is 1.59 bits per heavy atom. The number of terminal acetylenes is 1. The van der Waals surface area contributed by atoms with E-state index in [4.69, 9.17) is 6.42 Å². The number of carbonyl (C=O) groups excluding carboxylic acids is 1. The number of rotatable bonds is 5. The van der Waals surface area contributed by atoms with Gasteiger partial charge in [-0.3, -0.25) is 15.1 Å². The number of aromatic nitrogens is 1. The van der Waals surface area contributed by atoms with E-state index in [9.17, 15) is 4.79 Å². The van der Waals surface area contributed by atoms with Crippen LogP contribution < -0.4 is 10.6 Å². The molecule has 0 aliphatic heterocycles. The predicted molar refractivity (Wildman–Crippen MR) is 67.1 cm³/mol. The van der Waals surface area contributed by atoms with Crippen LogP contribution in [0.5, 0.6) is 0 Å². The molecule has 4 heteroatoms. The van der Waals surface area contributed by atoms with Crippen molar-refractivity contribution in [3.05, 3.63) is 30.1 Å². The lowest BCUT2D eigenvalue weighted by atomic mass is 10.1. The topological polar surface area (TPSA) is 54.0 Å². The van der Waals surface area contributed by atoms with Crippen LogP contribution >= 0.6 is 0 Å². The molecule has 0 bridgehead atoms. The Bertz CT molecular complexity index is 397. The van der Waals surface area contributed by atoms with Crippen LogP contribution in [-0.2, 0) is 4.79 Å². The minimum Gasteiger partial charge on any atom is -0.344 e. The van der Waals surface area contributed by atoms with Crippen molar-refractivity contribution in [1.82, 2.24) is 15.6 Å². The minimum atomic E-state index is -0.293. The zero-order chi connectivity index (χ0) is 12.7. The second-order valence-corrected chi connectivity index (χ2v) is 3.82. The van der Waals surface area contributed by atoms with E-state index in [0.29, 0.717) is 0 Å². The van der Waals surface area contributed by atoms with Crippen LogP contribution in [0.3, 0.4) is 0 Å². The van der Waals surface area contributed by atoms with Crippen LogP contribution in [0.2, 0.25) is 0 Å². The zero-order valence-corrected chi connectivity index (χ0v) is 10.1. The van der Waals surface area contributed by atoms with Gasteiger partial charge in [-0.25, -0.2) is 0 Å². The first-order valence-corrected chi connectivity index (χ1v) is 5.52. The average Bonchev–Trinajstić information content (AvgIpc) is 2.36. The molecule has 0 radical (unpaired) electrons. The monoisotopic (exact) mass is 231 g/mol. The lowest BCUT2D eigenvalue weighted by molar-refractivity contribution is -0.122. The highest BCUT2D eigenvalue weighted by molar-refractivity contribution is 5.81. The number of nitrogens with one attached hydrogen (secondary N) is 2. The molecular weight excluding hydrogens is 214 g/mol. The molecule has 0 aromatic carbocycles. The van der Waals surface area contributed by atoms with Crippen LogP contribution in [0.25, 0.3) is 0 Å². The van der Waals surface area contributed by atoms with Crippen LogP contribution in [-0.4, -0.2) is 23.5 Å². The number of hydrogen-bond acceptors (Lipinski definition) is 3. The quantitative estimate of drug-likeness (QED) is 0.739. The number of pyridine rings is 1. The highest BCUT2D eigenvalue weighted by Gasteiger charge is 2.15. The normalized spacial score (nSPS) is 13.5. The number of hydrogen-bond donors (Lipinski definition) is 2. The standard InChI is InChI=1S/C13H17N3O/c1-4-7-15-13(17)11(3)16-10(2)12-6-5-8-14-9-12/h1,5-6,8-11,16H,7H2,2-3H3,(H,15,17). The molecule has 1 aromatic heterocycles. The molecule has 0 aliphatic rings. The van der Waals surface area contributed by atoms with Crippen molar-refractivity contribution in [1.29, 1.82) is 0 Å². The van der Waals surface area contributed by atoms with Gasteiger partial charge in [0.15, 0.2) is 0 Å². The lowest BCUT2D eigenvalue weighted by Crippen LogP contribution is -2.43. The SMILES string of the molecule is C#CCNC(=O)C(C)NC(C)c1cccnc1. The van der Waals surface area contributed by atoms with Gasteiger partial charge in [0.1, 0.15) is 0 Å². The van der Waals surface area contributed by atoms with Crippen molar-refractivity contribution in [2.75, 3.05) is 6.54 Å². The average molecular weight is 231 g/mol. The molecule has 1 amide bonds. The first-order chi connectivity index (χ1) is 8.15. The first-order valence-electron chi connectivity index (χ1n) is 5.52. The van der Waals surface area contributed by atoms with E-state index < -0.39 is 0 Å². The molecule has 90 valence electrons. The summed E-state index contributed by atoms with van der Waals surface area (Å²) in [7, 11) is 0. The molecule has 0 spiro atoms. The fraction of sp³-hybridized carbons (Fsp3) is 0.385. The molecular formula is C13H17N3O. The molecule has 0 fully saturated rings. The summed E-state index contributed by atoms with van der Waals surface area (Å²) < 4.78 is 0. The summed E-state index contributed by atoms with van der Waals surface area (Å²) in [5.74, 6) is 2.27. The molecule has 0 aliphatic carbocycles. The number of amides is 1. The Morgan fingerprint density at radius 2 is 2.35 bits per heavy atom. The maximum Gasteiger partial charge on any atom is 0.237 e. The van der Waals surface area contributed by atoms with Crippen molar-refractivity contribution >= 4 is 5.91 Å². The molecule has 2 atom stereocenters. The van der Waals surface area contributed by atoms with E-state index in [0.717, 1.165) is 5.56 Å². The van der Waals surface area contributed by atoms with Crippen LogP contribution in [0.1, 0.15) is 25.5 Å². The van der Waals surface area contributed by atoms with E-state index in [1.54, 1.807) is 19.3 Å². The third-order valence-electron chi connectivity index (χ3n) is 2.44. The Balaban J connectivity index is 2.49. The van der Waals surface area contributed by atoms with Crippen molar-refractivity contribution in [2.45, 2.75) is 25.9 Å². The van der Waals surface area contributed by atoms with Crippen molar-refractivity contribution in [3.63, 3.8) is 0 Å². The fourth-order valence-corrected chi connectivity index (χ4v) is 1.47.